The summed E-state index contributed by atoms with van der Waals surface area (Å²) in [6.07, 6.45) is 10.3. The van der Waals surface area contributed by atoms with Gasteiger partial charge in [0, 0.05) is 0 Å². The van der Waals surface area contributed by atoms with Gasteiger partial charge in [-0.25, -0.2) is 0 Å². The summed E-state index contributed by atoms with van der Waals surface area (Å²) < 4.78 is 0. The molecule has 0 amide bonds. The zero-order chi connectivity index (χ0) is 19.8. The van der Waals surface area contributed by atoms with Crippen molar-refractivity contribution >= 4 is 0 Å². The van der Waals surface area contributed by atoms with Crippen LogP contribution in [0.1, 0.15) is 96.4 Å². The summed E-state index contributed by atoms with van der Waals surface area (Å²) >= 11 is 0. The fraction of sp³-hybridized carbons (Fsp3) is 0.750. The summed E-state index contributed by atoms with van der Waals surface area (Å²) in [7, 11) is 0. The molecule has 0 saturated carbocycles. The Morgan fingerprint density at radius 1 is 0.833 bits per heavy atom. The number of hydrogen-bond donors (Lipinski definition) is 0. The van der Waals surface area contributed by atoms with Crippen molar-refractivity contribution in [3.05, 3.63) is 35.5 Å². The van der Waals surface area contributed by atoms with Crippen LogP contribution in [0.3, 0.4) is 0 Å². The van der Waals surface area contributed by atoms with Crippen LogP contribution in [-0.2, 0) is 0 Å². The van der Waals surface area contributed by atoms with Crippen LogP contribution < -0.4 is 0 Å². The van der Waals surface area contributed by atoms with Crippen molar-refractivity contribution in [2.45, 2.75) is 96.4 Å². The third-order valence-corrected chi connectivity index (χ3v) is 5.08. The van der Waals surface area contributed by atoms with E-state index in [0.29, 0.717) is 11.3 Å². The van der Waals surface area contributed by atoms with Crippen LogP contribution in [0.2, 0.25) is 0 Å². The summed E-state index contributed by atoms with van der Waals surface area (Å²) in [5.41, 5.74) is 3.54. The van der Waals surface area contributed by atoms with Crippen LogP contribution in [0.4, 0.5) is 0 Å². The molecule has 0 aliphatic rings. The standard InChI is InChI=1S/C22H40.C2H6/c1-12-14-19(15-18(13-2)20(5,6)7)22(10,11)16-21(8,9)17(3)4;1-2/h12-15,17H,16H2,1-11H3;1-2H3/b14-12-,18-13+,19-15+;. The molecule has 0 saturated heterocycles. The molecule has 0 heteroatoms. The Kier molecular flexibility index (Phi) is 10.9. The van der Waals surface area contributed by atoms with Gasteiger partial charge in [0.15, 0.2) is 0 Å². The molecule has 0 rings (SSSR count). The third kappa shape index (κ3) is 8.36. The largest absolute Gasteiger partial charge is 0.0874 e. The first kappa shape index (κ1) is 25.5. The molecule has 0 N–H and O–H groups in total. The molecule has 142 valence electrons. The molecular weight excluding hydrogens is 288 g/mol. The molecule has 0 aromatic rings. The molecule has 0 fully saturated rings. The molecule has 0 aliphatic heterocycles. The Labute approximate surface area is 154 Å². The molecule has 0 unspecified atom stereocenters. The average molecular weight is 335 g/mol. The van der Waals surface area contributed by atoms with Crippen LogP contribution in [0, 0.1) is 22.2 Å². The van der Waals surface area contributed by atoms with Gasteiger partial charge in [-0.3, -0.25) is 0 Å². The van der Waals surface area contributed by atoms with Crippen molar-refractivity contribution in [2.24, 2.45) is 22.2 Å². The number of allylic oxidation sites excluding steroid dienone is 6. The van der Waals surface area contributed by atoms with E-state index in [1.54, 1.807) is 0 Å². The quantitative estimate of drug-likeness (QED) is 0.426. The van der Waals surface area contributed by atoms with Gasteiger partial charge in [0.05, 0.1) is 0 Å². The summed E-state index contributed by atoms with van der Waals surface area (Å²) in [5, 5.41) is 0. The molecule has 0 aromatic heterocycles. The van der Waals surface area contributed by atoms with Crippen molar-refractivity contribution in [1.29, 1.82) is 0 Å². The molecule has 0 radical (unpaired) electrons. The van der Waals surface area contributed by atoms with Crippen LogP contribution in [0.25, 0.3) is 0 Å². The predicted molar refractivity (Wildman–Crippen MR) is 114 cm³/mol. The molecule has 24 heavy (non-hydrogen) atoms. The van der Waals surface area contributed by atoms with E-state index >= 15 is 0 Å². The van der Waals surface area contributed by atoms with Crippen LogP contribution in [0.15, 0.2) is 35.5 Å². The normalized spacial score (nSPS) is 14.9. The van der Waals surface area contributed by atoms with E-state index in [1.165, 1.54) is 17.6 Å². The second kappa shape index (κ2) is 10.3. The number of rotatable bonds is 6. The lowest BCUT2D eigenvalue weighted by Gasteiger charge is -2.39. The fourth-order valence-electron chi connectivity index (χ4n) is 2.99. The van der Waals surface area contributed by atoms with E-state index in [9.17, 15) is 0 Å². The molecule has 0 aromatic carbocycles. The minimum Gasteiger partial charge on any atom is -0.0874 e. The van der Waals surface area contributed by atoms with Gasteiger partial charge in [0.25, 0.3) is 0 Å². The maximum atomic E-state index is 2.41. The topological polar surface area (TPSA) is 0 Å². The Morgan fingerprint density at radius 2 is 1.29 bits per heavy atom. The highest BCUT2D eigenvalue weighted by Crippen LogP contribution is 2.44. The lowest BCUT2D eigenvalue weighted by atomic mass is 9.66. The van der Waals surface area contributed by atoms with Crippen molar-refractivity contribution in [2.75, 3.05) is 0 Å². The summed E-state index contributed by atoms with van der Waals surface area (Å²) in [6.45, 7) is 29.4. The van der Waals surface area contributed by atoms with E-state index < -0.39 is 0 Å². The van der Waals surface area contributed by atoms with Gasteiger partial charge in [0.2, 0.25) is 0 Å². The van der Waals surface area contributed by atoms with Crippen molar-refractivity contribution < 1.29 is 0 Å². The molecule has 0 nitrogen and oxygen atoms in total. The first-order chi connectivity index (χ1) is 10.8. The van der Waals surface area contributed by atoms with Crippen LogP contribution in [-0.4, -0.2) is 0 Å². The van der Waals surface area contributed by atoms with E-state index in [0.717, 1.165) is 0 Å². The highest BCUT2D eigenvalue weighted by Gasteiger charge is 2.33. The minimum absolute atomic E-state index is 0.166. The number of hydrogen-bond acceptors (Lipinski definition) is 0. The van der Waals surface area contributed by atoms with Crippen LogP contribution in [0.5, 0.6) is 0 Å². The van der Waals surface area contributed by atoms with Gasteiger partial charge >= 0.3 is 0 Å². The summed E-state index contributed by atoms with van der Waals surface area (Å²) in [5.74, 6) is 0.683. The molecule has 0 heterocycles. The lowest BCUT2D eigenvalue weighted by molar-refractivity contribution is 0.163. The molecular formula is C24H46. The average Bonchev–Trinajstić information content (AvgIpc) is 2.42. The second-order valence-corrected chi connectivity index (χ2v) is 9.30. The Morgan fingerprint density at radius 3 is 1.58 bits per heavy atom. The fourth-order valence-corrected chi connectivity index (χ4v) is 2.99. The maximum absolute atomic E-state index is 2.41. The maximum Gasteiger partial charge on any atom is -0.00984 e. The molecule has 0 spiro atoms. The highest BCUT2D eigenvalue weighted by molar-refractivity contribution is 5.36. The molecule has 0 bridgehead atoms. The van der Waals surface area contributed by atoms with Gasteiger partial charge in [0.1, 0.15) is 0 Å². The Balaban J connectivity index is 0. The van der Waals surface area contributed by atoms with Crippen molar-refractivity contribution in [3.8, 4) is 0 Å². The van der Waals surface area contributed by atoms with Gasteiger partial charge in [-0.1, -0.05) is 100 Å². The second-order valence-electron chi connectivity index (χ2n) is 9.30. The van der Waals surface area contributed by atoms with Gasteiger partial charge in [-0.15, -0.1) is 0 Å². The van der Waals surface area contributed by atoms with Gasteiger partial charge in [-0.2, -0.15) is 0 Å². The molecule has 0 atom stereocenters. The SMILES string of the molecule is CC.C\C=C/C(=C\C(=C/C)C(C)(C)C)C(C)(C)CC(C)(C)C(C)C. The first-order valence-electron chi connectivity index (χ1n) is 9.79. The van der Waals surface area contributed by atoms with Crippen molar-refractivity contribution in [3.63, 3.8) is 0 Å². The van der Waals surface area contributed by atoms with Gasteiger partial charge in [-0.05, 0) is 53.6 Å². The molecule has 0 aliphatic carbocycles. The highest BCUT2D eigenvalue weighted by atomic mass is 14.4. The zero-order valence-corrected chi connectivity index (χ0v) is 19.1. The summed E-state index contributed by atoms with van der Waals surface area (Å²) in [6, 6.07) is 0. The Bertz CT molecular complexity index is 431. The minimum atomic E-state index is 0.166. The van der Waals surface area contributed by atoms with Gasteiger partial charge < -0.3 is 0 Å². The lowest BCUT2D eigenvalue weighted by Crippen LogP contribution is -2.29. The zero-order valence-electron chi connectivity index (χ0n) is 19.1. The Hall–Kier alpha value is -0.780. The van der Waals surface area contributed by atoms with Crippen molar-refractivity contribution in [1.82, 2.24) is 0 Å². The predicted octanol–water partition coefficient (Wildman–Crippen LogP) is 8.61. The van der Waals surface area contributed by atoms with E-state index in [2.05, 4.69) is 100 Å². The van der Waals surface area contributed by atoms with E-state index in [4.69, 9.17) is 0 Å². The first-order valence-corrected chi connectivity index (χ1v) is 9.79. The van der Waals surface area contributed by atoms with E-state index in [1.807, 2.05) is 13.8 Å². The smallest absolute Gasteiger partial charge is 0.00984 e. The monoisotopic (exact) mass is 334 g/mol. The summed E-state index contributed by atoms with van der Waals surface area (Å²) in [4.78, 5) is 0. The van der Waals surface area contributed by atoms with E-state index in [-0.39, 0.29) is 10.8 Å². The third-order valence-electron chi connectivity index (χ3n) is 5.08. The van der Waals surface area contributed by atoms with Crippen LogP contribution >= 0.6 is 0 Å².